The Morgan fingerprint density at radius 1 is 1.23 bits per heavy atom. The number of nitro benzene ring substituents is 1. The van der Waals surface area contributed by atoms with E-state index in [1.54, 1.807) is 29.0 Å². The molecule has 35 heavy (non-hydrogen) atoms. The second-order valence-electron chi connectivity index (χ2n) is 8.06. The molecule has 0 aliphatic heterocycles. The van der Waals surface area contributed by atoms with Crippen LogP contribution in [0.3, 0.4) is 0 Å². The van der Waals surface area contributed by atoms with Crippen molar-refractivity contribution in [1.29, 1.82) is 5.26 Å². The summed E-state index contributed by atoms with van der Waals surface area (Å²) in [4.78, 5) is 46.0. The van der Waals surface area contributed by atoms with Gasteiger partial charge in [-0.15, -0.1) is 0 Å². The molecule has 0 atom stereocenters. The van der Waals surface area contributed by atoms with Gasteiger partial charge in [0, 0.05) is 24.4 Å². The van der Waals surface area contributed by atoms with Gasteiger partial charge in [-0.3, -0.25) is 24.1 Å². The minimum absolute atomic E-state index is 0.0419. The molecule has 0 N–H and O–H groups in total. The molecule has 0 saturated carbocycles. The molecule has 0 saturated heterocycles. The Labute approximate surface area is 199 Å². The predicted octanol–water partition coefficient (Wildman–Crippen LogP) is 3.67. The highest BCUT2D eigenvalue weighted by Crippen LogP contribution is 2.21. The van der Waals surface area contributed by atoms with Crippen LogP contribution < -0.4 is 11.0 Å². The van der Waals surface area contributed by atoms with E-state index in [4.69, 9.17) is 0 Å². The molecule has 3 heterocycles. The minimum atomic E-state index is -0.719. The number of unbranched alkanes of at least 4 members (excludes halogenated alkanes) is 2. The lowest BCUT2D eigenvalue weighted by Gasteiger charge is -2.13. The number of hydrogen-bond donors (Lipinski definition) is 0. The largest absolute Gasteiger partial charge is 0.309 e. The van der Waals surface area contributed by atoms with Crippen LogP contribution in [0, 0.1) is 28.4 Å². The maximum atomic E-state index is 13.2. The van der Waals surface area contributed by atoms with Crippen molar-refractivity contribution in [3.05, 3.63) is 91.3 Å². The molecule has 4 rings (SSSR count). The Morgan fingerprint density at radius 3 is 2.74 bits per heavy atom. The maximum absolute atomic E-state index is 13.2. The summed E-state index contributed by atoms with van der Waals surface area (Å²) in [7, 11) is 0. The number of carbonyl (C=O) groups is 1. The third kappa shape index (κ3) is 4.31. The van der Waals surface area contributed by atoms with Gasteiger partial charge in [0.2, 0.25) is 0 Å². The molecule has 1 amide bonds. The Balaban J connectivity index is 2.04. The second-order valence-corrected chi connectivity index (χ2v) is 8.06. The fraction of sp³-hybridized carbons (Fsp3) is 0.240. The number of pyridine rings is 2. The zero-order valence-electron chi connectivity index (χ0n) is 19.3. The lowest BCUT2D eigenvalue weighted by atomic mass is 10.1. The van der Waals surface area contributed by atoms with E-state index in [9.17, 15) is 25.0 Å². The Kier molecular flexibility index (Phi) is 6.51. The van der Waals surface area contributed by atoms with Gasteiger partial charge < -0.3 is 4.57 Å². The first-order valence-corrected chi connectivity index (χ1v) is 11.2. The minimum Gasteiger partial charge on any atom is -0.309 e. The van der Waals surface area contributed by atoms with Gasteiger partial charge in [-0.05, 0) is 37.6 Å². The van der Waals surface area contributed by atoms with Crippen LogP contribution in [-0.4, -0.2) is 24.8 Å². The molecular formula is C25H22N6O4. The molecule has 10 heteroatoms. The standard InChI is InChI=1S/C25H22N6O4/c1-3-4-6-13-30-22(28-24(32)18-9-8-10-20(16(18)2)31(34)35)17(15-26)14-19-23(30)27-21-11-5-7-12-29(21)25(19)33/h5,7-12,14H,3-4,6,13H2,1-2H3. The van der Waals surface area contributed by atoms with Crippen molar-refractivity contribution in [2.24, 2.45) is 4.99 Å². The number of aryl methyl sites for hydroxylation is 1. The van der Waals surface area contributed by atoms with E-state index in [-0.39, 0.29) is 38.8 Å². The number of rotatable bonds is 6. The highest BCUT2D eigenvalue weighted by atomic mass is 16.6. The van der Waals surface area contributed by atoms with E-state index in [2.05, 4.69) is 9.98 Å². The Morgan fingerprint density at radius 2 is 2.03 bits per heavy atom. The van der Waals surface area contributed by atoms with Crippen LogP contribution in [-0.2, 0) is 6.54 Å². The molecule has 0 spiro atoms. The molecule has 10 nitrogen and oxygen atoms in total. The fourth-order valence-electron chi connectivity index (χ4n) is 4.02. The van der Waals surface area contributed by atoms with Crippen LogP contribution in [0.25, 0.3) is 16.7 Å². The number of hydrogen-bond acceptors (Lipinski definition) is 6. The van der Waals surface area contributed by atoms with Crippen LogP contribution in [0.1, 0.15) is 47.7 Å². The lowest BCUT2D eigenvalue weighted by Crippen LogP contribution is -2.29. The van der Waals surface area contributed by atoms with Crippen molar-refractivity contribution in [1.82, 2.24) is 14.0 Å². The normalized spacial score (nSPS) is 11.6. The summed E-state index contributed by atoms with van der Waals surface area (Å²) < 4.78 is 3.02. The average Bonchev–Trinajstić information content (AvgIpc) is 2.85. The molecule has 176 valence electrons. The number of amides is 1. The van der Waals surface area contributed by atoms with Crippen molar-refractivity contribution in [2.45, 2.75) is 39.7 Å². The average molecular weight is 470 g/mol. The predicted molar refractivity (Wildman–Crippen MR) is 129 cm³/mol. The maximum Gasteiger partial charge on any atom is 0.279 e. The molecule has 0 fully saturated rings. The summed E-state index contributed by atoms with van der Waals surface area (Å²) >= 11 is 0. The van der Waals surface area contributed by atoms with Gasteiger partial charge in [-0.2, -0.15) is 10.3 Å². The van der Waals surface area contributed by atoms with Crippen LogP contribution in [0.5, 0.6) is 0 Å². The van der Waals surface area contributed by atoms with E-state index in [1.807, 2.05) is 13.0 Å². The van der Waals surface area contributed by atoms with E-state index in [0.29, 0.717) is 24.3 Å². The quantitative estimate of drug-likeness (QED) is 0.183. The first-order valence-electron chi connectivity index (χ1n) is 11.2. The summed E-state index contributed by atoms with van der Waals surface area (Å²) in [5.41, 5.74) is 0.574. The summed E-state index contributed by atoms with van der Waals surface area (Å²) in [5.74, 6) is -0.719. The smallest absolute Gasteiger partial charge is 0.279 e. The molecule has 0 aliphatic carbocycles. The second kappa shape index (κ2) is 9.69. The Hall–Kier alpha value is -4.65. The van der Waals surface area contributed by atoms with E-state index >= 15 is 0 Å². The Bertz CT molecular complexity index is 1660. The zero-order chi connectivity index (χ0) is 25.1. The van der Waals surface area contributed by atoms with Crippen molar-refractivity contribution in [2.75, 3.05) is 0 Å². The van der Waals surface area contributed by atoms with Crippen molar-refractivity contribution >= 4 is 28.3 Å². The summed E-state index contributed by atoms with van der Waals surface area (Å²) in [6.07, 6.45) is 4.14. The van der Waals surface area contributed by atoms with Gasteiger partial charge in [-0.25, -0.2) is 4.98 Å². The number of aromatic nitrogens is 3. The molecule has 3 aromatic heterocycles. The first-order chi connectivity index (χ1) is 16.9. The fourth-order valence-corrected chi connectivity index (χ4v) is 4.02. The molecular weight excluding hydrogens is 448 g/mol. The van der Waals surface area contributed by atoms with Gasteiger partial charge in [0.15, 0.2) is 5.49 Å². The SMILES string of the molecule is CCCCCn1c(=NC(=O)c2cccc([N+](=O)[O-])c2C)c(C#N)cc2c(=O)n3ccccc3nc21. The number of benzene rings is 1. The van der Waals surface area contributed by atoms with Gasteiger partial charge in [0.05, 0.1) is 21.4 Å². The molecule has 0 aliphatic rings. The molecule has 0 radical (unpaired) electrons. The number of carbonyl (C=O) groups excluding carboxylic acids is 1. The summed E-state index contributed by atoms with van der Waals surface area (Å²) in [5, 5.41) is 21.4. The van der Waals surface area contributed by atoms with Crippen LogP contribution in [0.2, 0.25) is 0 Å². The highest BCUT2D eigenvalue weighted by molar-refractivity contribution is 5.97. The van der Waals surface area contributed by atoms with Gasteiger partial charge >= 0.3 is 0 Å². The molecule has 1 aromatic carbocycles. The van der Waals surface area contributed by atoms with Gasteiger partial charge in [-0.1, -0.05) is 31.9 Å². The van der Waals surface area contributed by atoms with E-state index in [1.165, 1.54) is 35.6 Å². The third-order valence-corrected chi connectivity index (χ3v) is 5.84. The molecule has 0 bridgehead atoms. The number of nitriles is 1. The molecule has 4 aromatic rings. The monoisotopic (exact) mass is 470 g/mol. The topological polar surface area (TPSA) is 136 Å². The van der Waals surface area contributed by atoms with Crippen LogP contribution >= 0.6 is 0 Å². The van der Waals surface area contributed by atoms with E-state index < -0.39 is 10.8 Å². The number of nitro groups is 1. The summed E-state index contributed by atoms with van der Waals surface area (Å²) in [6, 6.07) is 12.8. The molecule has 0 unspecified atom stereocenters. The zero-order valence-corrected chi connectivity index (χ0v) is 19.3. The third-order valence-electron chi connectivity index (χ3n) is 5.84. The van der Waals surface area contributed by atoms with Crippen molar-refractivity contribution in [3.8, 4) is 6.07 Å². The number of fused-ring (bicyclic) bond motifs is 2. The lowest BCUT2D eigenvalue weighted by molar-refractivity contribution is -0.385. The summed E-state index contributed by atoms with van der Waals surface area (Å²) in [6.45, 7) is 3.91. The van der Waals surface area contributed by atoms with Crippen LogP contribution in [0.4, 0.5) is 5.69 Å². The highest BCUT2D eigenvalue weighted by Gasteiger charge is 2.19. The number of nitrogens with zero attached hydrogens (tertiary/aromatic N) is 6. The van der Waals surface area contributed by atoms with Crippen LogP contribution in [0.15, 0.2) is 58.4 Å². The van der Waals surface area contributed by atoms with Gasteiger partial charge in [0.25, 0.3) is 17.2 Å². The first kappa shape index (κ1) is 23.5. The van der Waals surface area contributed by atoms with Crippen molar-refractivity contribution in [3.63, 3.8) is 0 Å². The van der Waals surface area contributed by atoms with Gasteiger partial charge in [0.1, 0.15) is 17.4 Å². The van der Waals surface area contributed by atoms with Crippen molar-refractivity contribution < 1.29 is 9.72 Å². The van der Waals surface area contributed by atoms with E-state index in [0.717, 1.165) is 12.8 Å².